The molecule has 23 heavy (non-hydrogen) atoms. The number of H-pyrrole nitrogens is 1. The Hall–Kier alpha value is -2.28. The summed E-state index contributed by atoms with van der Waals surface area (Å²) in [6.45, 7) is 3.74. The van der Waals surface area contributed by atoms with Crippen molar-refractivity contribution in [3.8, 4) is 0 Å². The summed E-state index contributed by atoms with van der Waals surface area (Å²) in [7, 11) is 0. The number of aromatic nitrogens is 2. The Labute approximate surface area is 134 Å². The predicted octanol–water partition coefficient (Wildman–Crippen LogP) is 3.20. The van der Waals surface area contributed by atoms with Crippen LogP contribution in [0.1, 0.15) is 30.2 Å². The number of thiophene rings is 1. The van der Waals surface area contributed by atoms with Gasteiger partial charge in [0.15, 0.2) is 0 Å². The summed E-state index contributed by atoms with van der Waals surface area (Å²) in [5.41, 5.74) is -1.00. The van der Waals surface area contributed by atoms with E-state index in [9.17, 15) is 18.4 Å². The Morgan fingerprint density at radius 3 is 2.61 bits per heavy atom. The summed E-state index contributed by atoms with van der Waals surface area (Å²) in [4.78, 5) is 28.8. The maximum Gasteiger partial charge on any atom is 0.329 e. The predicted molar refractivity (Wildman–Crippen MR) is 86.3 cm³/mol. The van der Waals surface area contributed by atoms with Crippen molar-refractivity contribution in [1.29, 1.82) is 0 Å². The Morgan fingerprint density at radius 1 is 1.22 bits per heavy atom. The maximum absolute atomic E-state index is 13.8. The van der Waals surface area contributed by atoms with Gasteiger partial charge in [-0.25, -0.2) is 13.6 Å². The first kappa shape index (κ1) is 15.6. The Bertz CT molecular complexity index is 1000. The van der Waals surface area contributed by atoms with Crippen LogP contribution in [0.15, 0.2) is 33.9 Å². The quantitative estimate of drug-likeness (QED) is 0.798. The van der Waals surface area contributed by atoms with E-state index in [-0.39, 0.29) is 18.0 Å². The fourth-order valence-corrected chi connectivity index (χ4v) is 3.36. The maximum atomic E-state index is 13.8. The van der Waals surface area contributed by atoms with Crippen molar-refractivity contribution in [1.82, 2.24) is 9.55 Å². The number of rotatable bonds is 3. The molecule has 0 saturated carbocycles. The molecule has 1 N–H and O–H groups in total. The number of hydrogen-bond donors (Lipinski definition) is 1. The van der Waals surface area contributed by atoms with Gasteiger partial charge in [-0.1, -0.05) is 19.9 Å². The SMILES string of the molecule is CC(C)c1cc2c(=O)n(Cc3ccc(F)cc3F)c(=O)[nH]c2s1. The molecule has 3 rings (SSSR count). The molecule has 0 amide bonds. The van der Waals surface area contributed by atoms with Crippen LogP contribution >= 0.6 is 11.3 Å². The fraction of sp³-hybridized carbons (Fsp3) is 0.250. The minimum absolute atomic E-state index is 0.0812. The number of fused-ring (bicyclic) bond motifs is 1. The second-order valence-electron chi connectivity index (χ2n) is 5.60. The Kier molecular flexibility index (Phi) is 3.89. The summed E-state index contributed by atoms with van der Waals surface area (Å²) in [5.74, 6) is -1.26. The molecule has 0 atom stereocenters. The van der Waals surface area contributed by atoms with E-state index in [0.29, 0.717) is 10.2 Å². The van der Waals surface area contributed by atoms with Crippen LogP contribution in [-0.2, 0) is 6.54 Å². The van der Waals surface area contributed by atoms with Gasteiger partial charge in [0.2, 0.25) is 0 Å². The molecule has 1 aromatic carbocycles. The van der Waals surface area contributed by atoms with E-state index < -0.39 is 22.9 Å². The first-order valence-electron chi connectivity index (χ1n) is 7.07. The van der Waals surface area contributed by atoms with E-state index in [1.807, 2.05) is 13.8 Å². The van der Waals surface area contributed by atoms with Gasteiger partial charge in [-0.05, 0) is 18.1 Å². The summed E-state index contributed by atoms with van der Waals surface area (Å²) < 4.78 is 27.6. The van der Waals surface area contributed by atoms with Crippen molar-refractivity contribution in [3.63, 3.8) is 0 Å². The van der Waals surface area contributed by atoms with Gasteiger partial charge in [0, 0.05) is 16.5 Å². The summed E-state index contributed by atoms with van der Waals surface area (Å²) >= 11 is 1.36. The highest BCUT2D eigenvalue weighted by atomic mass is 32.1. The molecular weight excluding hydrogens is 322 g/mol. The molecule has 0 unspecified atom stereocenters. The lowest BCUT2D eigenvalue weighted by atomic mass is 10.1. The Morgan fingerprint density at radius 2 is 1.96 bits per heavy atom. The number of benzene rings is 1. The molecule has 0 fully saturated rings. The molecule has 4 nitrogen and oxygen atoms in total. The molecule has 0 spiro atoms. The molecule has 0 aliphatic heterocycles. The summed E-state index contributed by atoms with van der Waals surface area (Å²) in [6.07, 6.45) is 0. The molecule has 0 aliphatic rings. The van der Waals surface area contributed by atoms with Gasteiger partial charge in [-0.2, -0.15) is 0 Å². The van der Waals surface area contributed by atoms with Crippen molar-refractivity contribution in [2.24, 2.45) is 0 Å². The molecule has 2 aromatic heterocycles. The van der Waals surface area contributed by atoms with E-state index in [0.717, 1.165) is 21.6 Å². The molecule has 2 heterocycles. The molecule has 7 heteroatoms. The largest absolute Gasteiger partial charge is 0.329 e. The van der Waals surface area contributed by atoms with Gasteiger partial charge in [0.05, 0.1) is 11.9 Å². The summed E-state index contributed by atoms with van der Waals surface area (Å²) in [5, 5.41) is 0.404. The average Bonchev–Trinajstić information content (AvgIpc) is 2.89. The molecule has 0 saturated heterocycles. The molecule has 120 valence electrons. The normalized spacial score (nSPS) is 11.5. The highest BCUT2D eigenvalue weighted by Gasteiger charge is 2.14. The highest BCUT2D eigenvalue weighted by molar-refractivity contribution is 7.18. The lowest BCUT2D eigenvalue weighted by Gasteiger charge is -2.06. The zero-order valence-corrected chi connectivity index (χ0v) is 13.3. The first-order valence-corrected chi connectivity index (χ1v) is 7.89. The lowest BCUT2D eigenvalue weighted by Crippen LogP contribution is -2.35. The van der Waals surface area contributed by atoms with Crippen LogP contribution in [0.25, 0.3) is 10.2 Å². The van der Waals surface area contributed by atoms with Crippen molar-refractivity contribution in [2.45, 2.75) is 26.3 Å². The minimum atomic E-state index is -0.787. The van der Waals surface area contributed by atoms with Crippen molar-refractivity contribution < 1.29 is 8.78 Å². The summed E-state index contributed by atoms with van der Waals surface area (Å²) in [6, 6.07) is 4.81. The smallest absolute Gasteiger partial charge is 0.298 e. The number of nitrogens with zero attached hydrogens (tertiary/aromatic N) is 1. The highest BCUT2D eigenvalue weighted by Crippen LogP contribution is 2.26. The number of nitrogens with one attached hydrogen (secondary N) is 1. The zero-order valence-electron chi connectivity index (χ0n) is 12.5. The van der Waals surface area contributed by atoms with Gasteiger partial charge in [-0.15, -0.1) is 11.3 Å². The molecule has 0 radical (unpaired) electrons. The minimum Gasteiger partial charge on any atom is -0.298 e. The molecule has 0 bridgehead atoms. The van der Waals surface area contributed by atoms with Gasteiger partial charge in [0.25, 0.3) is 5.56 Å². The second kappa shape index (κ2) is 5.73. The number of hydrogen-bond acceptors (Lipinski definition) is 3. The number of aromatic amines is 1. The molecule has 0 aliphatic carbocycles. The van der Waals surface area contributed by atoms with Crippen LogP contribution in [0.2, 0.25) is 0 Å². The van der Waals surface area contributed by atoms with E-state index >= 15 is 0 Å². The van der Waals surface area contributed by atoms with Crippen LogP contribution < -0.4 is 11.2 Å². The molecule has 3 aromatic rings. The van der Waals surface area contributed by atoms with Crippen molar-refractivity contribution >= 4 is 21.6 Å². The monoisotopic (exact) mass is 336 g/mol. The van der Waals surface area contributed by atoms with Gasteiger partial charge >= 0.3 is 5.69 Å². The van der Waals surface area contributed by atoms with Crippen LogP contribution in [0.5, 0.6) is 0 Å². The van der Waals surface area contributed by atoms with Gasteiger partial charge in [0.1, 0.15) is 16.5 Å². The van der Waals surface area contributed by atoms with E-state index in [1.165, 1.54) is 17.4 Å². The van der Waals surface area contributed by atoms with Crippen molar-refractivity contribution in [2.75, 3.05) is 0 Å². The fourth-order valence-electron chi connectivity index (χ4n) is 2.31. The van der Waals surface area contributed by atoms with Crippen LogP contribution in [0.3, 0.4) is 0 Å². The van der Waals surface area contributed by atoms with Crippen LogP contribution in [0, 0.1) is 11.6 Å². The van der Waals surface area contributed by atoms with Gasteiger partial charge < -0.3 is 0 Å². The molecular formula is C16H14F2N2O2S. The van der Waals surface area contributed by atoms with Crippen LogP contribution in [-0.4, -0.2) is 9.55 Å². The van der Waals surface area contributed by atoms with E-state index in [2.05, 4.69) is 4.98 Å². The van der Waals surface area contributed by atoms with E-state index in [1.54, 1.807) is 6.07 Å². The zero-order chi connectivity index (χ0) is 16.7. The van der Waals surface area contributed by atoms with Crippen molar-refractivity contribution in [3.05, 3.63) is 67.2 Å². The second-order valence-corrected chi connectivity index (χ2v) is 6.69. The third-order valence-corrected chi connectivity index (χ3v) is 4.96. The lowest BCUT2D eigenvalue weighted by molar-refractivity contribution is 0.561. The van der Waals surface area contributed by atoms with E-state index in [4.69, 9.17) is 0 Å². The Balaban J connectivity index is 2.14. The topological polar surface area (TPSA) is 54.9 Å². The third-order valence-electron chi connectivity index (χ3n) is 3.60. The standard InChI is InChI=1S/C16H14F2N2O2S/c1-8(2)13-6-11-14(23-13)19-16(22)20(15(11)21)7-9-3-4-10(17)5-12(9)18/h3-6,8H,7H2,1-2H3,(H,19,22). The number of halogens is 2. The first-order chi connectivity index (χ1) is 10.9. The van der Waals surface area contributed by atoms with Gasteiger partial charge in [-0.3, -0.25) is 14.3 Å². The van der Waals surface area contributed by atoms with Crippen LogP contribution in [0.4, 0.5) is 8.78 Å². The average molecular weight is 336 g/mol. The third kappa shape index (κ3) is 2.84.